The van der Waals surface area contributed by atoms with Gasteiger partial charge in [-0.3, -0.25) is 5.41 Å². The number of benzene rings is 1. The molecule has 0 aliphatic heterocycles. The van der Waals surface area contributed by atoms with Crippen molar-refractivity contribution >= 4 is 28.4 Å². The summed E-state index contributed by atoms with van der Waals surface area (Å²) in [5, 5.41) is 9.96. The average Bonchev–Trinajstić information content (AvgIpc) is 2.07. The van der Waals surface area contributed by atoms with E-state index in [9.17, 15) is 4.39 Å². The number of hydrogen-bond acceptors (Lipinski definition) is 1. The molecular weight excluding hydrogens is 286 g/mol. The molecule has 0 fully saturated rings. The Hall–Kier alpha value is -0.650. The summed E-state index contributed by atoms with van der Waals surface area (Å²) in [7, 11) is 0. The van der Waals surface area contributed by atoms with Gasteiger partial charge in [0.25, 0.3) is 0 Å². The van der Waals surface area contributed by atoms with Crippen LogP contribution in [-0.2, 0) is 6.54 Å². The average molecular weight is 296 g/mol. The first kappa shape index (κ1) is 10.4. The first-order valence-corrected chi connectivity index (χ1v) is 4.90. The molecule has 13 heavy (non-hydrogen) atoms. The van der Waals surface area contributed by atoms with Crippen LogP contribution in [0.2, 0.25) is 0 Å². The molecule has 0 saturated carbocycles. The van der Waals surface area contributed by atoms with E-state index >= 15 is 0 Å². The summed E-state index contributed by atoms with van der Waals surface area (Å²) < 4.78 is 13.6. The number of rotatable bonds is 2. The zero-order valence-corrected chi connectivity index (χ0v) is 9.35. The van der Waals surface area contributed by atoms with E-state index in [2.05, 4.69) is 5.32 Å². The van der Waals surface area contributed by atoms with Crippen LogP contribution in [0.3, 0.4) is 0 Å². The van der Waals surface area contributed by atoms with Gasteiger partial charge >= 0.3 is 0 Å². The molecule has 1 rings (SSSR count). The monoisotopic (exact) mass is 296 g/mol. The lowest BCUT2D eigenvalue weighted by Crippen LogP contribution is -2.18. The molecule has 1 aromatic rings. The summed E-state index contributed by atoms with van der Waals surface area (Å²) in [6, 6.07) is 5.06. The third-order valence-corrected chi connectivity index (χ3v) is 2.42. The van der Waals surface area contributed by atoms with E-state index in [-0.39, 0.29) is 5.82 Å². The molecule has 0 bridgehead atoms. The van der Waals surface area contributed by atoms with Crippen molar-refractivity contribution in [1.29, 1.82) is 5.41 Å². The van der Waals surface area contributed by atoms with E-state index in [1.807, 2.05) is 28.7 Å². The molecule has 0 heterocycles. The van der Waals surface area contributed by atoms with Crippen molar-refractivity contribution in [2.75, 3.05) is 0 Å². The van der Waals surface area contributed by atoms with E-state index in [0.717, 1.165) is 5.56 Å². The van der Waals surface area contributed by atoms with E-state index in [4.69, 9.17) is 5.41 Å². The molecule has 4 heteroatoms. The first-order chi connectivity index (χ1) is 6.09. The van der Waals surface area contributed by atoms with Gasteiger partial charge in [0.05, 0.1) is 5.84 Å². The Kier molecular flexibility index (Phi) is 3.65. The summed E-state index contributed by atoms with van der Waals surface area (Å²) in [4.78, 5) is 0. The maximum Gasteiger partial charge on any atom is 0.136 e. The molecular formula is C9H10FIN2. The second-order valence-corrected chi connectivity index (χ2v) is 3.89. The highest BCUT2D eigenvalue weighted by atomic mass is 131. The minimum Gasteiger partial charge on any atom is -0.370 e. The van der Waals surface area contributed by atoms with Gasteiger partial charge in [0.15, 0.2) is 0 Å². The summed E-state index contributed by atoms with van der Waals surface area (Å²) >= 11 is 1.95. The molecule has 1 aromatic carbocycles. The fourth-order valence-electron chi connectivity index (χ4n) is 0.884. The predicted molar refractivity (Wildman–Crippen MR) is 59.4 cm³/mol. The third kappa shape index (κ3) is 3.30. The summed E-state index contributed by atoms with van der Waals surface area (Å²) in [5.41, 5.74) is 0.851. The van der Waals surface area contributed by atoms with Crippen molar-refractivity contribution in [3.8, 4) is 0 Å². The molecule has 2 N–H and O–H groups in total. The van der Waals surface area contributed by atoms with Gasteiger partial charge in [0, 0.05) is 10.1 Å². The lowest BCUT2D eigenvalue weighted by atomic mass is 10.2. The fourth-order valence-corrected chi connectivity index (χ4v) is 1.22. The van der Waals surface area contributed by atoms with Crippen LogP contribution in [-0.4, -0.2) is 5.84 Å². The normalized spacial score (nSPS) is 9.77. The Morgan fingerprint density at radius 1 is 1.62 bits per heavy atom. The van der Waals surface area contributed by atoms with Crippen molar-refractivity contribution in [2.45, 2.75) is 13.5 Å². The maximum absolute atomic E-state index is 13.0. The standard InChI is InChI=1S/C9H10FIN2/c1-6(12)13-5-7-2-3-9(11)8(10)4-7/h2-4H,5H2,1H3,(H2,12,13)/i11+4. The highest BCUT2D eigenvalue weighted by Gasteiger charge is 1.99. The van der Waals surface area contributed by atoms with Gasteiger partial charge in [-0.25, -0.2) is 4.39 Å². The maximum atomic E-state index is 13.0. The molecule has 0 saturated heterocycles. The zero-order chi connectivity index (χ0) is 9.84. The Morgan fingerprint density at radius 2 is 2.31 bits per heavy atom. The second kappa shape index (κ2) is 4.55. The van der Waals surface area contributed by atoms with Crippen LogP contribution in [0.15, 0.2) is 18.2 Å². The largest absolute Gasteiger partial charge is 0.370 e. The summed E-state index contributed by atoms with van der Waals surface area (Å²) in [6.07, 6.45) is 0. The number of halogens is 2. The molecule has 0 aromatic heterocycles. The van der Waals surface area contributed by atoms with Crippen molar-refractivity contribution < 1.29 is 4.39 Å². The Morgan fingerprint density at radius 3 is 2.85 bits per heavy atom. The third-order valence-electron chi connectivity index (χ3n) is 1.54. The number of hydrogen-bond donors (Lipinski definition) is 2. The molecule has 0 aliphatic carbocycles. The smallest absolute Gasteiger partial charge is 0.136 e. The molecule has 0 atom stereocenters. The lowest BCUT2D eigenvalue weighted by molar-refractivity contribution is 0.617. The van der Waals surface area contributed by atoms with Gasteiger partial charge < -0.3 is 5.32 Å². The van der Waals surface area contributed by atoms with Gasteiger partial charge in [0.1, 0.15) is 5.82 Å². The van der Waals surface area contributed by atoms with Gasteiger partial charge in [-0.05, 0) is 47.2 Å². The van der Waals surface area contributed by atoms with Crippen molar-refractivity contribution in [1.82, 2.24) is 5.32 Å². The zero-order valence-electron chi connectivity index (χ0n) is 7.20. The van der Waals surface area contributed by atoms with Crippen LogP contribution in [0.1, 0.15) is 12.5 Å². The van der Waals surface area contributed by atoms with E-state index in [1.165, 1.54) is 6.07 Å². The van der Waals surface area contributed by atoms with Crippen LogP contribution < -0.4 is 5.32 Å². The minimum absolute atomic E-state index is 0.206. The number of nitrogens with one attached hydrogen (secondary N) is 2. The fraction of sp³-hybridized carbons (Fsp3) is 0.222. The molecule has 0 radical (unpaired) electrons. The van der Waals surface area contributed by atoms with Crippen molar-refractivity contribution in [2.24, 2.45) is 0 Å². The van der Waals surface area contributed by atoms with Gasteiger partial charge in [-0.15, -0.1) is 0 Å². The first-order valence-electron chi connectivity index (χ1n) is 3.82. The predicted octanol–water partition coefficient (Wildman–Crippen LogP) is 2.52. The minimum atomic E-state index is -0.206. The van der Waals surface area contributed by atoms with Gasteiger partial charge in [-0.2, -0.15) is 0 Å². The highest BCUT2D eigenvalue weighted by Crippen LogP contribution is 2.12. The van der Waals surface area contributed by atoms with Crippen molar-refractivity contribution in [3.05, 3.63) is 33.1 Å². The van der Waals surface area contributed by atoms with Gasteiger partial charge in [0.2, 0.25) is 0 Å². The Bertz CT molecular complexity index is 325. The topological polar surface area (TPSA) is 35.9 Å². The molecule has 70 valence electrons. The lowest BCUT2D eigenvalue weighted by Gasteiger charge is -2.04. The second-order valence-electron chi connectivity index (χ2n) is 2.73. The van der Waals surface area contributed by atoms with E-state index in [1.54, 1.807) is 13.0 Å². The van der Waals surface area contributed by atoms with Gasteiger partial charge in [-0.1, -0.05) is 6.07 Å². The molecule has 0 unspecified atom stereocenters. The van der Waals surface area contributed by atoms with Crippen LogP contribution >= 0.6 is 22.6 Å². The molecule has 0 aliphatic rings. The Labute approximate surface area is 90.2 Å². The molecule has 2 nitrogen and oxygen atoms in total. The van der Waals surface area contributed by atoms with Crippen LogP contribution in [0.5, 0.6) is 0 Å². The summed E-state index contributed by atoms with van der Waals surface area (Å²) in [5.74, 6) is 0.182. The quantitative estimate of drug-likeness (QED) is 0.491. The van der Waals surface area contributed by atoms with Crippen LogP contribution in [0, 0.1) is 14.8 Å². The van der Waals surface area contributed by atoms with Crippen LogP contribution in [0.25, 0.3) is 0 Å². The van der Waals surface area contributed by atoms with Crippen LogP contribution in [0.4, 0.5) is 4.39 Å². The molecule has 0 amide bonds. The SMILES string of the molecule is CC(=N)NCc1ccc([131I])c(F)c1. The van der Waals surface area contributed by atoms with Crippen molar-refractivity contribution in [3.63, 3.8) is 0 Å². The van der Waals surface area contributed by atoms with E-state index < -0.39 is 0 Å². The van der Waals surface area contributed by atoms with E-state index in [0.29, 0.717) is 16.0 Å². The summed E-state index contributed by atoms with van der Waals surface area (Å²) in [6.45, 7) is 2.16. The highest BCUT2D eigenvalue weighted by molar-refractivity contribution is 14.1. The number of amidine groups is 1. The molecule has 0 spiro atoms. The Balaban J connectivity index is 2.68.